The van der Waals surface area contributed by atoms with Gasteiger partial charge in [0, 0.05) is 12.1 Å². The van der Waals surface area contributed by atoms with E-state index in [0.717, 1.165) is 19.6 Å². The Bertz CT molecular complexity index is 156. The Hall–Kier alpha value is -0.0800. The van der Waals surface area contributed by atoms with Crippen LogP contribution in [0.3, 0.4) is 0 Å². The summed E-state index contributed by atoms with van der Waals surface area (Å²) in [6.07, 6.45) is 2.44. The van der Waals surface area contributed by atoms with Crippen molar-refractivity contribution >= 4 is 0 Å². The fourth-order valence-corrected chi connectivity index (χ4v) is 1.23. The van der Waals surface area contributed by atoms with Gasteiger partial charge in [0.25, 0.3) is 0 Å². The van der Waals surface area contributed by atoms with Crippen molar-refractivity contribution in [2.45, 2.75) is 59.9 Å². The first kappa shape index (κ1) is 14.9. The summed E-state index contributed by atoms with van der Waals surface area (Å²) in [6.45, 7) is 16.8. The number of nitrogens with one attached hydrogen (secondary N) is 2. The zero-order chi connectivity index (χ0) is 11.9. The van der Waals surface area contributed by atoms with Gasteiger partial charge >= 0.3 is 0 Å². The van der Waals surface area contributed by atoms with Gasteiger partial charge in [0.15, 0.2) is 0 Å². The van der Waals surface area contributed by atoms with Crippen molar-refractivity contribution in [2.24, 2.45) is 5.41 Å². The van der Waals surface area contributed by atoms with Gasteiger partial charge in [0.05, 0.1) is 0 Å². The summed E-state index contributed by atoms with van der Waals surface area (Å²) < 4.78 is 0. The second-order valence-electron chi connectivity index (χ2n) is 6.22. The molecule has 0 aromatic carbocycles. The van der Waals surface area contributed by atoms with Crippen LogP contribution in [0, 0.1) is 5.41 Å². The molecule has 0 spiro atoms. The monoisotopic (exact) mass is 214 g/mol. The molecule has 2 heteroatoms. The van der Waals surface area contributed by atoms with Gasteiger partial charge in [-0.1, -0.05) is 20.8 Å². The molecule has 0 aliphatic heterocycles. The average molecular weight is 214 g/mol. The van der Waals surface area contributed by atoms with Crippen molar-refractivity contribution in [3.63, 3.8) is 0 Å². The highest BCUT2D eigenvalue weighted by Gasteiger charge is 2.13. The van der Waals surface area contributed by atoms with E-state index in [1.165, 1.54) is 12.8 Å². The fourth-order valence-electron chi connectivity index (χ4n) is 1.23. The second-order valence-corrected chi connectivity index (χ2v) is 6.22. The third-order valence-electron chi connectivity index (χ3n) is 2.75. The summed E-state index contributed by atoms with van der Waals surface area (Å²) in [7, 11) is 0. The van der Waals surface area contributed by atoms with Crippen molar-refractivity contribution in [1.29, 1.82) is 0 Å². The van der Waals surface area contributed by atoms with Crippen LogP contribution in [0.4, 0.5) is 0 Å². The lowest BCUT2D eigenvalue weighted by atomic mass is 9.90. The van der Waals surface area contributed by atoms with Crippen molar-refractivity contribution in [1.82, 2.24) is 10.6 Å². The first-order chi connectivity index (χ1) is 6.77. The van der Waals surface area contributed by atoms with Gasteiger partial charge in [-0.05, 0) is 52.1 Å². The van der Waals surface area contributed by atoms with Gasteiger partial charge in [-0.25, -0.2) is 0 Å². The Morgan fingerprint density at radius 2 is 1.53 bits per heavy atom. The molecule has 15 heavy (non-hydrogen) atoms. The van der Waals surface area contributed by atoms with Crippen LogP contribution >= 0.6 is 0 Å². The highest BCUT2D eigenvalue weighted by atomic mass is 14.9. The maximum absolute atomic E-state index is 3.52. The summed E-state index contributed by atoms with van der Waals surface area (Å²) in [6, 6.07) is 0. The van der Waals surface area contributed by atoms with Crippen LogP contribution in [0.5, 0.6) is 0 Å². The maximum Gasteiger partial charge on any atom is 0.00965 e. The molecular formula is C13H30N2. The summed E-state index contributed by atoms with van der Waals surface area (Å²) in [5, 5.41) is 7.02. The van der Waals surface area contributed by atoms with Gasteiger partial charge in [0.1, 0.15) is 0 Å². The van der Waals surface area contributed by atoms with Crippen molar-refractivity contribution < 1.29 is 0 Å². The molecule has 0 bridgehead atoms. The molecule has 0 aliphatic carbocycles. The Morgan fingerprint density at radius 1 is 0.933 bits per heavy atom. The van der Waals surface area contributed by atoms with E-state index >= 15 is 0 Å². The largest absolute Gasteiger partial charge is 0.316 e. The lowest BCUT2D eigenvalue weighted by molar-refractivity contribution is 0.325. The van der Waals surface area contributed by atoms with Gasteiger partial charge in [0.2, 0.25) is 0 Å². The van der Waals surface area contributed by atoms with E-state index < -0.39 is 0 Å². The van der Waals surface area contributed by atoms with Crippen LogP contribution in [0.25, 0.3) is 0 Å². The number of hydrogen-bond donors (Lipinski definition) is 2. The van der Waals surface area contributed by atoms with E-state index in [9.17, 15) is 0 Å². The van der Waals surface area contributed by atoms with Crippen LogP contribution < -0.4 is 10.6 Å². The predicted octanol–water partition coefficient (Wildman–Crippen LogP) is 2.79. The molecule has 92 valence electrons. The van der Waals surface area contributed by atoms with Crippen LogP contribution in [-0.2, 0) is 0 Å². The van der Waals surface area contributed by atoms with E-state index in [4.69, 9.17) is 0 Å². The molecule has 0 aliphatic rings. The maximum atomic E-state index is 3.52. The van der Waals surface area contributed by atoms with Crippen molar-refractivity contribution in [3.05, 3.63) is 0 Å². The van der Waals surface area contributed by atoms with E-state index in [-0.39, 0.29) is 5.54 Å². The van der Waals surface area contributed by atoms with E-state index in [2.05, 4.69) is 52.2 Å². The summed E-state index contributed by atoms with van der Waals surface area (Å²) in [5.41, 5.74) is 0.695. The van der Waals surface area contributed by atoms with Crippen molar-refractivity contribution in [2.75, 3.05) is 19.6 Å². The van der Waals surface area contributed by atoms with E-state index in [1.54, 1.807) is 0 Å². The molecule has 0 atom stereocenters. The zero-order valence-electron chi connectivity index (χ0n) is 11.5. The third kappa shape index (κ3) is 10.2. The summed E-state index contributed by atoms with van der Waals surface area (Å²) in [4.78, 5) is 0. The van der Waals surface area contributed by atoms with E-state index in [1.807, 2.05) is 0 Å². The van der Waals surface area contributed by atoms with Crippen LogP contribution in [0.2, 0.25) is 0 Å². The summed E-state index contributed by atoms with van der Waals surface area (Å²) >= 11 is 0. The van der Waals surface area contributed by atoms with Gasteiger partial charge in [-0.3, -0.25) is 0 Å². The molecule has 0 amide bonds. The predicted molar refractivity (Wildman–Crippen MR) is 69.3 cm³/mol. The standard InChI is InChI=1S/C13H30N2/c1-7-13(5,6)11-14-9-8-10-15-12(2,3)4/h14-15H,7-11H2,1-6H3. The number of rotatable bonds is 7. The molecule has 0 heterocycles. The Morgan fingerprint density at radius 3 is 2.00 bits per heavy atom. The topological polar surface area (TPSA) is 24.1 Å². The first-order valence-corrected chi connectivity index (χ1v) is 6.22. The van der Waals surface area contributed by atoms with Crippen molar-refractivity contribution in [3.8, 4) is 0 Å². The molecule has 0 aromatic rings. The smallest absolute Gasteiger partial charge is 0.00965 e. The summed E-state index contributed by atoms with van der Waals surface area (Å²) in [5.74, 6) is 0. The lowest BCUT2D eigenvalue weighted by Crippen LogP contribution is -2.38. The third-order valence-corrected chi connectivity index (χ3v) is 2.75. The number of hydrogen-bond acceptors (Lipinski definition) is 2. The quantitative estimate of drug-likeness (QED) is 0.637. The minimum Gasteiger partial charge on any atom is -0.316 e. The molecule has 0 rings (SSSR count). The molecule has 0 aromatic heterocycles. The van der Waals surface area contributed by atoms with Gasteiger partial charge in [-0.2, -0.15) is 0 Å². The average Bonchev–Trinajstić information content (AvgIpc) is 2.09. The second kappa shape index (κ2) is 6.49. The fraction of sp³-hybridized carbons (Fsp3) is 1.00. The minimum atomic E-state index is 0.253. The normalized spacial score (nSPS) is 13.2. The van der Waals surface area contributed by atoms with Gasteiger partial charge in [-0.15, -0.1) is 0 Å². The lowest BCUT2D eigenvalue weighted by Gasteiger charge is -2.24. The SMILES string of the molecule is CCC(C)(C)CNCCCNC(C)(C)C. The molecular weight excluding hydrogens is 184 g/mol. The Balaban J connectivity index is 3.33. The highest BCUT2D eigenvalue weighted by Crippen LogP contribution is 2.17. The molecule has 0 fully saturated rings. The van der Waals surface area contributed by atoms with Gasteiger partial charge < -0.3 is 10.6 Å². The molecule has 2 N–H and O–H groups in total. The van der Waals surface area contributed by atoms with Crippen LogP contribution in [0.15, 0.2) is 0 Å². The minimum absolute atomic E-state index is 0.253. The highest BCUT2D eigenvalue weighted by molar-refractivity contribution is 4.71. The first-order valence-electron chi connectivity index (χ1n) is 6.22. The molecule has 2 nitrogen and oxygen atoms in total. The zero-order valence-corrected chi connectivity index (χ0v) is 11.5. The van der Waals surface area contributed by atoms with Crippen LogP contribution in [-0.4, -0.2) is 25.2 Å². The van der Waals surface area contributed by atoms with Crippen LogP contribution in [0.1, 0.15) is 54.4 Å². The molecule has 0 saturated heterocycles. The Labute approximate surface area is 96.2 Å². The molecule has 0 unspecified atom stereocenters. The molecule has 0 saturated carbocycles. The Kier molecular flexibility index (Phi) is 6.46. The molecule has 0 radical (unpaired) electrons. The van der Waals surface area contributed by atoms with E-state index in [0.29, 0.717) is 5.41 Å².